The summed E-state index contributed by atoms with van der Waals surface area (Å²) in [5.41, 5.74) is 0.887. The number of alkyl halides is 3. The minimum atomic E-state index is -4.65. The fraction of sp³-hybridized carbons (Fsp3) is 0.583. The van der Waals surface area contributed by atoms with Gasteiger partial charge in [0.2, 0.25) is 10.0 Å². The van der Waals surface area contributed by atoms with Crippen LogP contribution in [0.1, 0.15) is 79.8 Å². The van der Waals surface area contributed by atoms with Crippen LogP contribution in [0.25, 0.3) is 0 Å². The number of esters is 1. The van der Waals surface area contributed by atoms with Gasteiger partial charge in [0.1, 0.15) is 6.54 Å². The molecule has 2 aliphatic carbocycles. The van der Waals surface area contributed by atoms with E-state index in [1.807, 2.05) is 0 Å². The number of sulfonamides is 1. The van der Waals surface area contributed by atoms with E-state index in [1.54, 1.807) is 13.1 Å². The van der Waals surface area contributed by atoms with Crippen LogP contribution in [0.15, 0.2) is 29.3 Å². The molecule has 2 aromatic rings. The second kappa shape index (κ2) is 9.93. The van der Waals surface area contributed by atoms with E-state index in [-0.39, 0.29) is 24.0 Å². The monoisotopic (exact) mass is 513 g/mol. The van der Waals surface area contributed by atoms with Gasteiger partial charge < -0.3 is 4.74 Å². The van der Waals surface area contributed by atoms with Crippen molar-refractivity contribution in [2.75, 3.05) is 13.7 Å². The van der Waals surface area contributed by atoms with Crippen molar-refractivity contribution in [1.29, 1.82) is 0 Å². The third-order valence-corrected chi connectivity index (χ3v) is 8.86. The first kappa shape index (κ1) is 25.7. The molecule has 1 fully saturated rings. The summed E-state index contributed by atoms with van der Waals surface area (Å²) in [5.74, 6) is -0.510. The van der Waals surface area contributed by atoms with E-state index in [2.05, 4.69) is 5.10 Å². The smallest absolute Gasteiger partial charge is 0.416 e. The number of nitrogens with zero attached hydrogens (tertiary/aromatic N) is 3. The zero-order chi connectivity index (χ0) is 25.4. The van der Waals surface area contributed by atoms with E-state index in [4.69, 9.17) is 4.74 Å². The van der Waals surface area contributed by atoms with Crippen molar-refractivity contribution in [2.45, 2.75) is 81.4 Å². The molecule has 192 valence electrons. The van der Waals surface area contributed by atoms with Crippen LogP contribution in [0.4, 0.5) is 13.2 Å². The molecule has 0 unspecified atom stereocenters. The molecule has 0 bridgehead atoms. The normalized spacial score (nSPS) is 19.2. The summed E-state index contributed by atoms with van der Waals surface area (Å²) < 4.78 is 75.9. The number of rotatable bonds is 7. The topological polar surface area (TPSA) is 81.5 Å². The first-order valence-electron chi connectivity index (χ1n) is 11.9. The van der Waals surface area contributed by atoms with Gasteiger partial charge in [-0.3, -0.25) is 9.48 Å². The van der Waals surface area contributed by atoms with Crippen molar-refractivity contribution in [3.8, 4) is 0 Å². The predicted molar refractivity (Wildman–Crippen MR) is 122 cm³/mol. The van der Waals surface area contributed by atoms with Crippen molar-refractivity contribution >= 4 is 16.0 Å². The summed E-state index contributed by atoms with van der Waals surface area (Å²) >= 11 is 0. The van der Waals surface area contributed by atoms with Crippen molar-refractivity contribution in [1.82, 2.24) is 14.1 Å². The zero-order valence-corrected chi connectivity index (χ0v) is 20.7. The van der Waals surface area contributed by atoms with Gasteiger partial charge in [-0.2, -0.15) is 22.6 Å². The SMILES string of the molecule is CCOC(=O)Cn1ncc2c1CCC[C@H]2N(C)S(=O)(=O)c1cc(C2CCCC2)cc(C(F)(F)F)c1. The highest BCUT2D eigenvalue weighted by Gasteiger charge is 2.38. The third-order valence-electron chi connectivity index (χ3n) is 7.01. The third kappa shape index (κ3) is 5.25. The Morgan fingerprint density at radius 2 is 1.89 bits per heavy atom. The van der Waals surface area contributed by atoms with Gasteiger partial charge in [0.15, 0.2) is 0 Å². The molecule has 0 N–H and O–H groups in total. The number of halogens is 3. The van der Waals surface area contributed by atoms with Crippen molar-refractivity contribution in [3.05, 3.63) is 46.8 Å². The zero-order valence-electron chi connectivity index (χ0n) is 19.8. The van der Waals surface area contributed by atoms with E-state index >= 15 is 0 Å². The van der Waals surface area contributed by atoms with Crippen LogP contribution in [0.5, 0.6) is 0 Å². The number of fused-ring (bicyclic) bond motifs is 1. The first-order chi connectivity index (χ1) is 16.5. The van der Waals surface area contributed by atoms with Crippen LogP contribution >= 0.6 is 0 Å². The second-order valence-corrected chi connectivity index (χ2v) is 11.2. The molecule has 7 nitrogen and oxygen atoms in total. The Morgan fingerprint density at radius 3 is 2.54 bits per heavy atom. The average molecular weight is 514 g/mol. The predicted octanol–water partition coefficient (Wildman–Crippen LogP) is 4.82. The van der Waals surface area contributed by atoms with Gasteiger partial charge in [0.05, 0.1) is 29.3 Å². The van der Waals surface area contributed by atoms with Crippen LogP contribution in [-0.2, 0) is 38.7 Å². The second-order valence-electron chi connectivity index (χ2n) is 9.21. The fourth-order valence-electron chi connectivity index (χ4n) is 5.20. The summed E-state index contributed by atoms with van der Waals surface area (Å²) in [4.78, 5) is 11.6. The molecule has 1 aromatic heterocycles. The quantitative estimate of drug-likeness (QED) is 0.496. The lowest BCUT2D eigenvalue weighted by Crippen LogP contribution is -2.34. The Hall–Kier alpha value is -2.40. The fourth-order valence-corrected chi connectivity index (χ4v) is 6.65. The Balaban J connectivity index is 1.68. The highest BCUT2D eigenvalue weighted by Crippen LogP contribution is 2.41. The minimum absolute atomic E-state index is 0.0704. The van der Waals surface area contributed by atoms with E-state index in [9.17, 15) is 26.4 Å². The van der Waals surface area contributed by atoms with Crippen LogP contribution in [0, 0.1) is 0 Å². The van der Waals surface area contributed by atoms with E-state index in [0.717, 1.165) is 47.8 Å². The molecule has 0 saturated heterocycles. The molecule has 1 heterocycles. The molecule has 35 heavy (non-hydrogen) atoms. The van der Waals surface area contributed by atoms with Crippen LogP contribution in [0.2, 0.25) is 0 Å². The number of benzene rings is 1. The number of carbonyl (C=O) groups excluding carboxylic acids is 1. The lowest BCUT2D eigenvalue weighted by Gasteiger charge is -2.31. The lowest BCUT2D eigenvalue weighted by molar-refractivity contribution is -0.144. The van der Waals surface area contributed by atoms with Gasteiger partial charge in [-0.25, -0.2) is 8.42 Å². The maximum absolute atomic E-state index is 13.7. The molecule has 0 amide bonds. The van der Waals surface area contributed by atoms with Gasteiger partial charge in [0, 0.05) is 18.3 Å². The molecule has 11 heteroatoms. The Kier molecular flexibility index (Phi) is 7.28. The van der Waals surface area contributed by atoms with E-state index in [1.165, 1.54) is 17.8 Å². The van der Waals surface area contributed by atoms with Gasteiger partial charge in [-0.1, -0.05) is 12.8 Å². The summed E-state index contributed by atoms with van der Waals surface area (Å²) in [7, 11) is -2.84. The molecule has 0 spiro atoms. The molecule has 0 aliphatic heterocycles. The molecular weight excluding hydrogens is 483 g/mol. The molecule has 1 saturated carbocycles. The van der Waals surface area contributed by atoms with Crippen molar-refractivity contribution < 1.29 is 31.1 Å². The van der Waals surface area contributed by atoms with Gasteiger partial charge in [-0.15, -0.1) is 0 Å². The average Bonchev–Trinajstić information content (AvgIpc) is 3.48. The Labute approximate surface area is 203 Å². The summed E-state index contributed by atoms with van der Waals surface area (Å²) in [6, 6.07) is 2.64. The van der Waals surface area contributed by atoms with Crippen molar-refractivity contribution in [2.24, 2.45) is 0 Å². The number of aromatic nitrogens is 2. The van der Waals surface area contributed by atoms with Crippen molar-refractivity contribution in [3.63, 3.8) is 0 Å². The van der Waals surface area contributed by atoms with Gasteiger partial charge in [0.25, 0.3) is 0 Å². The Morgan fingerprint density at radius 1 is 1.17 bits per heavy atom. The molecular formula is C24H30F3N3O4S. The van der Waals surface area contributed by atoms with Crippen LogP contribution < -0.4 is 0 Å². The largest absolute Gasteiger partial charge is 0.465 e. The van der Waals surface area contributed by atoms with Gasteiger partial charge in [-0.05, 0) is 68.7 Å². The first-order valence-corrected chi connectivity index (χ1v) is 13.4. The number of carbonyl (C=O) groups is 1. The van der Waals surface area contributed by atoms with Gasteiger partial charge >= 0.3 is 12.1 Å². The summed E-state index contributed by atoms with van der Waals surface area (Å²) in [6.45, 7) is 1.87. The highest BCUT2D eigenvalue weighted by molar-refractivity contribution is 7.89. The minimum Gasteiger partial charge on any atom is -0.465 e. The molecule has 2 aliphatic rings. The van der Waals surface area contributed by atoms with Crippen LogP contribution in [0.3, 0.4) is 0 Å². The van der Waals surface area contributed by atoms with E-state index < -0.39 is 33.8 Å². The maximum Gasteiger partial charge on any atom is 0.416 e. The molecule has 0 radical (unpaired) electrons. The number of hydrogen-bond donors (Lipinski definition) is 0. The Bertz CT molecular complexity index is 1190. The lowest BCUT2D eigenvalue weighted by atomic mass is 9.93. The number of ether oxygens (including phenoxy) is 1. The summed E-state index contributed by atoms with van der Waals surface area (Å²) in [6.07, 6.45) is 2.01. The highest BCUT2D eigenvalue weighted by atomic mass is 32.2. The maximum atomic E-state index is 13.7. The number of hydrogen-bond acceptors (Lipinski definition) is 5. The van der Waals surface area contributed by atoms with Crippen LogP contribution in [-0.4, -0.2) is 42.1 Å². The molecule has 1 atom stereocenters. The standard InChI is InChI=1S/C24H30F3N3O4S/c1-3-34-23(31)15-30-22-10-6-9-21(20(22)14-28-30)29(2)35(32,33)19-12-17(16-7-4-5-8-16)11-18(13-19)24(25,26)27/h11-14,16,21H,3-10,15H2,1-2H3/t21-/m1/s1. The molecule has 1 aromatic carbocycles. The van der Waals surface area contributed by atoms with E-state index in [0.29, 0.717) is 30.4 Å². The molecule has 4 rings (SSSR count). The summed E-state index contributed by atoms with van der Waals surface area (Å²) in [5, 5.41) is 4.27.